The molecule has 1 amide bonds. The van der Waals surface area contributed by atoms with Gasteiger partial charge in [-0.1, -0.05) is 12.1 Å². The number of para-hydroxylation sites is 2. The van der Waals surface area contributed by atoms with Gasteiger partial charge in [0.1, 0.15) is 10.7 Å². The van der Waals surface area contributed by atoms with Crippen LogP contribution in [0.5, 0.6) is 0 Å². The van der Waals surface area contributed by atoms with Gasteiger partial charge in [-0.2, -0.15) is 13.2 Å². The zero-order valence-corrected chi connectivity index (χ0v) is 15.3. The van der Waals surface area contributed by atoms with Crippen LogP contribution in [-0.4, -0.2) is 15.9 Å². The first-order valence-corrected chi connectivity index (χ1v) is 9.54. The van der Waals surface area contributed by atoms with E-state index in [0.29, 0.717) is 22.6 Å². The van der Waals surface area contributed by atoms with E-state index in [9.17, 15) is 18.0 Å². The molecule has 3 atom stereocenters. The Labute approximate surface area is 157 Å². The SMILES string of the molecule is C[C@@H](NC(=O)C[C@@H]1C[C@@H]1c1nc2ccccc2[nH]1)c1ccc(C(F)(F)F)s1. The normalized spacial score (nSPS) is 20.6. The molecule has 1 fully saturated rings. The number of H-pyrrole nitrogens is 1. The number of imidazole rings is 1. The van der Waals surface area contributed by atoms with Crippen molar-refractivity contribution < 1.29 is 18.0 Å². The molecule has 0 unspecified atom stereocenters. The first-order chi connectivity index (χ1) is 12.8. The van der Waals surface area contributed by atoms with Crippen molar-refractivity contribution >= 4 is 28.3 Å². The van der Waals surface area contributed by atoms with Crippen LogP contribution in [0.2, 0.25) is 0 Å². The van der Waals surface area contributed by atoms with Crippen LogP contribution in [0.15, 0.2) is 36.4 Å². The lowest BCUT2D eigenvalue weighted by molar-refractivity contribution is -0.134. The second-order valence-corrected chi connectivity index (χ2v) is 8.05. The summed E-state index contributed by atoms with van der Waals surface area (Å²) in [6, 6.07) is 9.82. The van der Waals surface area contributed by atoms with Crippen molar-refractivity contribution in [2.45, 2.75) is 37.9 Å². The highest BCUT2D eigenvalue weighted by molar-refractivity contribution is 7.12. The Morgan fingerprint density at radius 3 is 2.81 bits per heavy atom. The van der Waals surface area contributed by atoms with Crippen LogP contribution >= 0.6 is 11.3 Å². The van der Waals surface area contributed by atoms with Crippen molar-refractivity contribution in [1.82, 2.24) is 15.3 Å². The molecular weight excluding hydrogens is 375 g/mol. The number of rotatable bonds is 5. The van der Waals surface area contributed by atoms with E-state index in [-0.39, 0.29) is 17.7 Å². The number of aromatic nitrogens is 2. The number of fused-ring (bicyclic) bond motifs is 1. The molecular formula is C19H18F3N3OS. The number of carbonyl (C=O) groups is 1. The molecule has 1 aliphatic carbocycles. The van der Waals surface area contributed by atoms with E-state index >= 15 is 0 Å². The van der Waals surface area contributed by atoms with Gasteiger partial charge in [0.05, 0.1) is 17.1 Å². The van der Waals surface area contributed by atoms with Gasteiger partial charge in [-0.3, -0.25) is 4.79 Å². The van der Waals surface area contributed by atoms with Gasteiger partial charge in [-0.05, 0) is 43.5 Å². The number of hydrogen-bond acceptors (Lipinski definition) is 3. The Hall–Kier alpha value is -2.35. The fourth-order valence-electron chi connectivity index (χ4n) is 3.30. The van der Waals surface area contributed by atoms with Crippen LogP contribution in [0.3, 0.4) is 0 Å². The summed E-state index contributed by atoms with van der Waals surface area (Å²) >= 11 is 0.669. The molecule has 2 heterocycles. The number of aromatic amines is 1. The minimum atomic E-state index is -4.35. The molecule has 4 rings (SSSR count). The highest BCUT2D eigenvalue weighted by Crippen LogP contribution is 2.48. The Bertz CT molecular complexity index is 945. The van der Waals surface area contributed by atoms with Gasteiger partial charge in [0, 0.05) is 17.2 Å². The van der Waals surface area contributed by atoms with E-state index < -0.39 is 17.1 Å². The summed E-state index contributed by atoms with van der Waals surface area (Å²) in [7, 11) is 0. The summed E-state index contributed by atoms with van der Waals surface area (Å²) in [6.07, 6.45) is -3.11. The second-order valence-electron chi connectivity index (χ2n) is 6.93. The smallest absolute Gasteiger partial charge is 0.349 e. The van der Waals surface area contributed by atoms with Crippen LogP contribution in [0.25, 0.3) is 11.0 Å². The molecule has 1 aromatic carbocycles. The number of nitrogens with one attached hydrogen (secondary N) is 2. The molecule has 4 nitrogen and oxygen atoms in total. The van der Waals surface area contributed by atoms with Crippen molar-refractivity contribution in [2.24, 2.45) is 5.92 Å². The molecule has 142 valence electrons. The molecule has 0 radical (unpaired) electrons. The zero-order valence-electron chi connectivity index (χ0n) is 14.5. The standard InChI is InChI=1S/C19H18F3N3OS/c1-10(15-6-7-16(27-15)19(20,21)22)23-17(26)9-11-8-12(11)18-24-13-4-2-3-5-14(13)25-18/h2-7,10-12H,8-9H2,1H3,(H,23,26)(H,24,25)/t10-,11+,12+/m1/s1. The minimum Gasteiger partial charge on any atom is -0.349 e. The molecule has 0 saturated heterocycles. The van der Waals surface area contributed by atoms with E-state index in [1.54, 1.807) is 6.92 Å². The lowest BCUT2D eigenvalue weighted by atomic mass is 10.2. The van der Waals surface area contributed by atoms with Crippen LogP contribution < -0.4 is 5.32 Å². The van der Waals surface area contributed by atoms with Gasteiger partial charge < -0.3 is 10.3 Å². The topological polar surface area (TPSA) is 57.8 Å². The third kappa shape index (κ3) is 3.85. The number of carbonyl (C=O) groups excluding carboxylic acids is 1. The lowest BCUT2D eigenvalue weighted by Crippen LogP contribution is -2.26. The molecule has 8 heteroatoms. The number of nitrogens with zero attached hydrogens (tertiary/aromatic N) is 1. The summed E-state index contributed by atoms with van der Waals surface area (Å²) in [5.74, 6) is 1.20. The zero-order chi connectivity index (χ0) is 19.2. The largest absolute Gasteiger partial charge is 0.425 e. The van der Waals surface area contributed by atoms with Gasteiger partial charge >= 0.3 is 6.18 Å². The Morgan fingerprint density at radius 2 is 2.11 bits per heavy atom. The lowest BCUT2D eigenvalue weighted by Gasteiger charge is -2.12. The quantitative estimate of drug-likeness (QED) is 0.640. The number of benzene rings is 1. The average Bonchev–Trinajstić information content (AvgIpc) is 3.03. The fraction of sp³-hybridized carbons (Fsp3) is 0.368. The Morgan fingerprint density at radius 1 is 1.33 bits per heavy atom. The van der Waals surface area contributed by atoms with Gasteiger partial charge in [0.25, 0.3) is 0 Å². The third-order valence-corrected chi connectivity index (χ3v) is 6.15. The van der Waals surface area contributed by atoms with Crippen molar-refractivity contribution in [3.8, 4) is 0 Å². The van der Waals surface area contributed by atoms with E-state index in [4.69, 9.17) is 0 Å². The highest BCUT2D eigenvalue weighted by atomic mass is 32.1. The second kappa shape index (κ2) is 6.67. The van der Waals surface area contributed by atoms with Gasteiger partial charge in [-0.15, -0.1) is 11.3 Å². The summed E-state index contributed by atoms with van der Waals surface area (Å²) in [5.41, 5.74) is 1.89. The Kier molecular flexibility index (Phi) is 4.46. The van der Waals surface area contributed by atoms with E-state index in [0.717, 1.165) is 29.3 Å². The maximum absolute atomic E-state index is 12.7. The summed E-state index contributed by atoms with van der Waals surface area (Å²) in [4.78, 5) is 20.0. The van der Waals surface area contributed by atoms with Crippen molar-refractivity contribution in [1.29, 1.82) is 0 Å². The van der Waals surface area contributed by atoms with Crippen molar-refractivity contribution in [3.63, 3.8) is 0 Å². The highest BCUT2D eigenvalue weighted by Gasteiger charge is 2.42. The monoisotopic (exact) mass is 393 g/mol. The maximum Gasteiger partial charge on any atom is 0.425 e. The predicted molar refractivity (Wildman–Crippen MR) is 97.4 cm³/mol. The number of amides is 1. The number of alkyl halides is 3. The average molecular weight is 393 g/mol. The summed E-state index contributed by atoms with van der Waals surface area (Å²) < 4.78 is 38.1. The molecule has 0 bridgehead atoms. The summed E-state index contributed by atoms with van der Waals surface area (Å²) in [5, 5.41) is 2.80. The van der Waals surface area contributed by atoms with Crippen LogP contribution in [0.4, 0.5) is 13.2 Å². The minimum absolute atomic E-state index is 0.145. The van der Waals surface area contributed by atoms with E-state index in [2.05, 4.69) is 15.3 Å². The number of hydrogen-bond donors (Lipinski definition) is 2. The van der Waals surface area contributed by atoms with Crippen molar-refractivity contribution in [2.75, 3.05) is 0 Å². The molecule has 27 heavy (non-hydrogen) atoms. The molecule has 2 N–H and O–H groups in total. The van der Waals surface area contributed by atoms with E-state index in [1.807, 2.05) is 24.3 Å². The van der Waals surface area contributed by atoms with Crippen LogP contribution in [-0.2, 0) is 11.0 Å². The van der Waals surface area contributed by atoms with Crippen molar-refractivity contribution in [3.05, 3.63) is 52.0 Å². The first kappa shape index (κ1) is 18.0. The molecule has 1 saturated carbocycles. The number of halogens is 3. The molecule has 0 spiro atoms. The van der Waals surface area contributed by atoms with Gasteiger partial charge in [0.2, 0.25) is 5.91 Å². The molecule has 2 aromatic heterocycles. The van der Waals surface area contributed by atoms with E-state index in [1.165, 1.54) is 6.07 Å². The molecule has 1 aliphatic rings. The molecule has 0 aliphatic heterocycles. The van der Waals surface area contributed by atoms with Crippen LogP contribution in [0, 0.1) is 5.92 Å². The Balaban J connectivity index is 1.33. The fourth-order valence-corrected chi connectivity index (χ4v) is 4.18. The number of thiophene rings is 1. The van der Waals surface area contributed by atoms with Crippen LogP contribution in [0.1, 0.15) is 47.3 Å². The maximum atomic E-state index is 12.7. The predicted octanol–water partition coefficient (Wildman–Crippen LogP) is 5.01. The summed E-state index contributed by atoms with van der Waals surface area (Å²) in [6.45, 7) is 1.70. The molecule has 3 aromatic rings. The van der Waals surface area contributed by atoms with Gasteiger partial charge in [0.15, 0.2) is 0 Å². The van der Waals surface area contributed by atoms with Gasteiger partial charge in [-0.25, -0.2) is 4.98 Å². The third-order valence-electron chi connectivity index (χ3n) is 4.84. The first-order valence-electron chi connectivity index (χ1n) is 8.72.